The molecule has 0 bridgehead atoms. The van der Waals surface area contributed by atoms with Gasteiger partial charge < -0.3 is 4.98 Å². The van der Waals surface area contributed by atoms with Gasteiger partial charge in [0.1, 0.15) is 5.65 Å². The number of benzene rings is 1. The van der Waals surface area contributed by atoms with Gasteiger partial charge in [-0.1, -0.05) is 17.7 Å². The van der Waals surface area contributed by atoms with Crippen LogP contribution in [0.3, 0.4) is 0 Å². The number of sulfonamides is 1. The van der Waals surface area contributed by atoms with Crippen LogP contribution in [-0.2, 0) is 23.0 Å². The van der Waals surface area contributed by atoms with E-state index in [2.05, 4.69) is 9.97 Å². The predicted molar refractivity (Wildman–Crippen MR) is 93.6 cm³/mol. The van der Waals surface area contributed by atoms with E-state index in [1.807, 2.05) is 6.07 Å². The van der Waals surface area contributed by atoms with E-state index in [1.54, 1.807) is 24.4 Å². The van der Waals surface area contributed by atoms with E-state index in [0.717, 1.165) is 16.6 Å². The van der Waals surface area contributed by atoms with Gasteiger partial charge in [-0.05, 0) is 29.8 Å². The first-order valence-corrected chi connectivity index (χ1v) is 9.46. The number of hydrogen-bond acceptors (Lipinski definition) is 4. The Morgan fingerprint density at radius 1 is 1.32 bits per heavy atom. The second kappa shape index (κ2) is 5.85. The van der Waals surface area contributed by atoms with Crippen LogP contribution in [0.25, 0.3) is 11.0 Å². The highest BCUT2D eigenvalue weighted by Crippen LogP contribution is 2.31. The number of halogens is 1. The van der Waals surface area contributed by atoms with Crippen LogP contribution in [0, 0.1) is 11.3 Å². The first-order chi connectivity index (χ1) is 12.0. The van der Waals surface area contributed by atoms with Crippen LogP contribution in [0.5, 0.6) is 0 Å². The van der Waals surface area contributed by atoms with Crippen LogP contribution < -0.4 is 0 Å². The molecule has 6 nitrogen and oxygen atoms in total. The summed E-state index contributed by atoms with van der Waals surface area (Å²) < 4.78 is 27.3. The summed E-state index contributed by atoms with van der Waals surface area (Å²) in [6, 6.07) is 9.85. The lowest BCUT2D eigenvalue weighted by Gasteiger charge is -2.26. The van der Waals surface area contributed by atoms with Gasteiger partial charge in [0.2, 0.25) is 10.0 Å². The lowest BCUT2D eigenvalue weighted by atomic mass is 10.1. The van der Waals surface area contributed by atoms with Crippen molar-refractivity contribution in [3.63, 3.8) is 0 Å². The van der Waals surface area contributed by atoms with Crippen molar-refractivity contribution in [1.82, 2.24) is 14.3 Å². The Bertz CT molecular complexity index is 1130. The molecule has 0 fully saturated rings. The lowest BCUT2D eigenvalue weighted by Crippen LogP contribution is -2.35. The molecule has 1 aliphatic heterocycles. The molecule has 126 valence electrons. The van der Waals surface area contributed by atoms with Crippen LogP contribution in [-0.4, -0.2) is 29.2 Å². The van der Waals surface area contributed by atoms with Crippen molar-refractivity contribution in [2.45, 2.75) is 17.9 Å². The molecule has 0 spiro atoms. The summed E-state index contributed by atoms with van der Waals surface area (Å²) in [5.74, 6) is 0. The highest BCUT2D eigenvalue weighted by molar-refractivity contribution is 7.89. The first-order valence-electron chi connectivity index (χ1n) is 7.64. The van der Waals surface area contributed by atoms with Crippen molar-refractivity contribution in [3.8, 4) is 6.07 Å². The van der Waals surface area contributed by atoms with Gasteiger partial charge in [-0.3, -0.25) is 0 Å². The number of fused-ring (bicyclic) bond motifs is 3. The molecule has 0 saturated heterocycles. The molecule has 0 radical (unpaired) electrons. The second-order valence-corrected chi connectivity index (χ2v) is 8.23. The maximum absolute atomic E-state index is 13.0. The standard InChI is InChI=1S/C17H13ClN4O2S/c18-12-7-14-15-10-22(5-4-16(15)21-17(14)20-9-12)25(23,24)13-3-1-2-11(6-13)8-19/h1-3,6-7,9H,4-5,10H2,(H,20,21). The molecule has 0 atom stereocenters. The molecule has 4 rings (SSSR count). The fraction of sp³-hybridized carbons (Fsp3) is 0.176. The van der Waals surface area contributed by atoms with Gasteiger partial charge in [0.15, 0.2) is 0 Å². The van der Waals surface area contributed by atoms with E-state index in [1.165, 1.54) is 16.4 Å². The average molecular weight is 373 g/mol. The number of nitrogens with one attached hydrogen (secondary N) is 1. The SMILES string of the molecule is N#Cc1cccc(S(=O)(=O)N2CCc3[nH]c4ncc(Cl)cc4c3C2)c1. The van der Waals surface area contributed by atoms with Crippen molar-refractivity contribution in [1.29, 1.82) is 5.26 Å². The Morgan fingerprint density at radius 2 is 2.16 bits per heavy atom. The number of aromatic amines is 1. The van der Waals surface area contributed by atoms with E-state index in [0.29, 0.717) is 29.2 Å². The van der Waals surface area contributed by atoms with Gasteiger partial charge in [0.25, 0.3) is 0 Å². The fourth-order valence-electron chi connectivity index (χ4n) is 3.12. The third-order valence-corrected chi connectivity index (χ3v) is 6.41. The van der Waals surface area contributed by atoms with Gasteiger partial charge in [-0.2, -0.15) is 9.57 Å². The van der Waals surface area contributed by atoms with Crippen LogP contribution in [0.2, 0.25) is 5.02 Å². The molecule has 0 saturated carbocycles. The molecule has 3 heterocycles. The smallest absolute Gasteiger partial charge is 0.243 e. The summed E-state index contributed by atoms with van der Waals surface area (Å²) >= 11 is 6.03. The minimum atomic E-state index is -3.68. The first kappa shape index (κ1) is 16.1. The predicted octanol–water partition coefficient (Wildman–Crippen LogP) is 2.83. The Labute approximate surface area is 149 Å². The second-order valence-electron chi connectivity index (χ2n) is 5.86. The van der Waals surface area contributed by atoms with E-state index in [-0.39, 0.29) is 11.4 Å². The molecule has 0 amide bonds. The maximum atomic E-state index is 13.0. The molecule has 0 unspecified atom stereocenters. The van der Waals surface area contributed by atoms with E-state index in [9.17, 15) is 8.42 Å². The van der Waals surface area contributed by atoms with Gasteiger partial charge in [-0.25, -0.2) is 13.4 Å². The van der Waals surface area contributed by atoms with Gasteiger partial charge in [0, 0.05) is 36.8 Å². The third kappa shape index (κ3) is 2.68. The largest absolute Gasteiger partial charge is 0.343 e. The van der Waals surface area contributed by atoms with E-state index < -0.39 is 10.0 Å². The molecule has 25 heavy (non-hydrogen) atoms. The number of nitriles is 1. The molecule has 1 N–H and O–H groups in total. The minimum Gasteiger partial charge on any atom is -0.343 e. The summed E-state index contributed by atoms with van der Waals surface area (Å²) in [6.45, 7) is 0.614. The van der Waals surface area contributed by atoms with Crippen LogP contribution in [0.4, 0.5) is 0 Å². The number of nitrogens with zero attached hydrogens (tertiary/aromatic N) is 3. The van der Waals surface area contributed by atoms with Gasteiger partial charge in [-0.15, -0.1) is 0 Å². The highest BCUT2D eigenvalue weighted by Gasteiger charge is 2.30. The molecular weight excluding hydrogens is 360 g/mol. The lowest BCUT2D eigenvalue weighted by molar-refractivity contribution is 0.391. The molecule has 1 aromatic carbocycles. The number of pyridine rings is 1. The summed E-state index contributed by atoms with van der Waals surface area (Å²) in [4.78, 5) is 7.63. The number of aromatic nitrogens is 2. The quantitative estimate of drug-likeness (QED) is 0.748. The average Bonchev–Trinajstić information content (AvgIpc) is 2.99. The number of hydrogen-bond donors (Lipinski definition) is 1. The summed E-state index contributed by atoms with van der Waals surface area (Å²) in [7, 11) is -3.68. The Balaban J connectivity index is 1.75. The normalized spacial score (nSPS) is 15.0. The van der Waals surface area contributed by atoms with Gasteiger partial charge in [0.05, 0.1) is 21.6 Å². The van der Waals surface area contributed by atoms with E-state index in [4.69, 9.17) is 16.9 Å². The van der Waals surface area contributed by atoms with Crippen LogP contribution >= 0.6 is 11.6 Å². The Morgan fingerprint density at radius 3 is 2.96 bits per heavy atom. The zero-order chi connectivity index (χ0) is 17.6. The summed E-state index contributed by atoms with van der Waals surface area (Å²) in [5, 5.41) is 10.4. The van der Waals surface area contributed by atoms with Crippen LogP contribution in [0.15, 0.2) is 41.4 Å². The Kier molecular flexibility index (Phi) is 3.76. The minimum absolute atomic E-state index is 0.131. The maximum Gasteiger partial charge on any atom is 0.243 e. The molecule has 0 aliphatic carbocycles. The molecule has 8 heteroatoms. The zero-order valence-corrected chi connectivity index (χ0v) is 14.6. The topological polar surface area (TPSA) is 89.9 Å². The molecular formula is C17H13ClN4O2S. The van der Waals surface area contributed by atoms with Crippen molar-refractivity contribution in [2.24, 2.45) is 0 Å². The Hall–Kier alpha value is -2.40. The van der Waals surface area contributed by atoms with Crippen LogP contribution in [0.1, 0.15) is 16.8 Å². The van der Waals surface area contributed by atoms with Gasteiger partial charge >= 0.3 is 0 Å². The van der Waals surface area contributed by atoms with Crippen molar-refractivity contribution >= 4 is 32.7 Å². The number of H-pyrrole nitrogens is 1. The van der Waals surface area contributed by atoms with Crippen molar-refractivity contribution < 1.29 is 8.42 Å². The highest BCUT2D eigenvalue weighted by atomic mass is 35.5. The summed E-state index contributed by atoms with van der Waals surface area (Å²) in [5.41, 5.74) is 2.92. The third-order valence-electron chi connectivity index (χ3n) is 4.36. The van der Waals surface area contributed by atoms with E-state index >= 15 is 0 Å². The van der Waals surface area contributed by atoms with Crippen molar-refractivity contribution in [3.05, 3.63) is 58.4 Å². The zero-order valence-electron chi connectivity index (χ0n) is 13.0. The molecule has 1 aliphatic rings. The summed E-state index contributed by atoms with van der Waals surface area (Å²) in [6.07, 6.45) is 2.13. The molecule has 3 aromatic rings. The monoisotopic (exact) mass is 372 g/mol. The fourth-order valence-corrected chi connectivity index (χ4v) is 4.73. The van der Waals surface area contributed by atoms with Crippen molar-refractivity contribution in [2.75, 3.05) is 6.54 Å². The number of rotatable bonds is 2. The molecule has 2 aromatic heterocycles.